The Balaban J connectivity index is 2.21. The van der Waals surface area contributed by atoms with E-state index in [4.69, 9.17) is 9.47 Å². The second kappa shape index (κ2) is 7.45. The van der Waals surface area contributed by atoms with Crippen LogP contribution in [0.3, 0.4) is 0 Å². The third kappa shape index (κ3) is 4.12. The van der Waals surface area contributed by atoms with Crippen LogP contribution in [0.4, 0.5) is 5.95 Å². The fraction of sp³-hybridized carbons (Fsp3) is 0.333. The zero-order chi connectivity index (χ0) is 17.7. The van der Waals surface area contributed by atoms with Crippen molar-refractivity contribution in [2.75, 3.05) is 33.2 Å². The number of sulfonamides is 1. The van der Waals surface area contributed by atoms with E-state index in [2.05, 4.69) is 14.7 Å². The summed E-state index contributed by atoms with van der Waals surface area (Å²) in [5.74, 6) is 1.23. The summed E-state index contributed by atoms with van der Waals surface area (Å²) in [5.41, 5.74) is 0.560. The van der Waals surface area contributed by atoms with Crippen LogP contribution in [0.15, 0.2) is 35.4 Å². The van der Waals surface area contributed by atoms with Gasteiger partial charge in [0, 0.05) is 26.4 Å². The first-order valence-electron chi connectivity index (χ1n) is 7.08. The molecule has 2 rings (SSSR count). The Labute approximate surface area is 141 Å². The van der Waals surface area contributed by atoms with E-state index in [1.807, 2.05) is 14.1 Å². The number of rotatable bonds is 7. The first-order chi connectivity index (χ1) is 11.4. The summed E-state index contributed by atoms with van der Waals surface area (Å²) in [4.78, 5) is 10.1. The van der Waals surface area contributed by atoms with Gasteiger partial charge in [-0.25, -0.2) is 23.1 Å². The fourth-order valence-electron chi connectivity index (χ4n) is 1.94. The normalized spacial score (nSPS) is 11.2. The highest BCUT2D eigenvalue weighted by Gasteiger charge is 2.20. The lowest BCUT2D eigenvalue weighted by Crippen LogP contribution is -2.25. The summed E-state index contributed by atoms with van der Waals surface area (Å²) < 4.78 is 37.8. The Morgan fingerprint density at radius 2 is 1.92 bits per heavy atom. The van der Waals surface area contributed by atoms with Gasteiger partial charge in [-0.05, 0) is 18.2 Å². The molecule has 130 valence electrons. The van der Waals surface area contributed by atoms with Crippen molar-refractivity contribution >= 4 is 16.0 Å². The van der Waals surface area contributed by atoms with Gasteiger partial charge in [0.25, 0.3) is 0 Å². The van der Waals surface area contributed by atoms with E-state index in [1.54, 1.807) is 23.2 Å². The number of ether oxygens (including phenoxy) is 2. The van der Waals surface area contributed by atoms with Crippen LogP contribution >= 0.6 is 0 Å². The van der Waals surface area contributed by atoms with Crippen molar-refractivity contribution < 1.29 is 17.9 Å². The molecule has 0 bridgehead atoms. The molecule has 0 unspecified atom stereocenters. The first-order valence-corrected chi connectivity index (χ1v) is 8.56. The van der Waals surface area contributed by atoms with Crippen LogP contribution < -0.4 is 19.1 Å². The zero-order valence-corrected chi connectivity index (χ0v) is 14.8. The Kier molecular flexibility index (Phi) is 5.58. The van der Waals surface area contributed by atoms with Crippen LogP contribution in [0.5, 0.6) is 11.5 Å². The van der Waals surface area contributed by atoms with E-state index in [0.29, 0.717) is 17.4 Å². The Morgan fingerprint density at radius 3 is 2.54 bits per heavy atom. The summed E-state index contributed by atoms with van der Waals surface area (Å²) in [7, 11) is 2.76. The summed E-state index contributed by atoms with van der Waals surface area (Å²) in [6.07, 6.45) is 1.58. The van der Waals surface area contributed by atoms with Gasteiger partial charge in [-0.3, -0.25) is 0 Å². The fourth-order valence-corrected chi connectivity index (χ4v) is 3.09. The highest BCUT2D eigenvalue weighted by Crippen LogP contribution is 2.28. The predicted molar refractivity (Wildman–Crippen MR) is 89.9 cm³/mol. The molecule has 1 aromatic carbocycles. The predicted octanol–water partition coefficient (Wildman–Crippen LogP) is 1.04. The monoisotopic (exact) mass is 352 g/mol. The largest absolute Gasteiger partial charge is 0.497 e. The molecule has 0 spiro atoms. The highest BCUT2D eigenvalue weighted by atomic mass is 32.2. The van der Waals surface area contributed by atoms with Crippen molar-refractivity contribution in [2.24, 2.45) is 0 Å². The number of anilines is 1. The van der Waals surface area contributed by atoms with Crippen LogP contribution in [0.2, 0.25) is 0 Å². The molecule has 0 saturated carbocycles. The second-order valence-electron chi connectivity index (χ2n) is 5.08. The minimum atomic E-state index is -3.76. The molecule has 24 heavy (non-hydrogen) atoms. The van der Waals surface area contributed by atoms with E-state index >= 15 is 0 Å². The smallest absolute Gasteiger partial charge is 0.244 e. The maximum absolute atomic E-state index is 12.5. The van der Waals surface area contributed by atoms with Gasteiger partial charge in [0.2, 0.25) is 16.0 Å². The maximum atomic E-state index is 12.5. The molecule has 1 aromatic heterocycles. The second-order valence-corrected chi connectivity index (χ2v) is 6.82. The molecule has 1 N–H and O–H groups in total. The molecule has 0 atom stereocenters. The number of nitrogens with one attached hydrogen (secondary N) is 1. The summed E-state index contributed by atoms with van der Waals surface area (Å²) in [6.45, 7) is 0.0425. The lowest BCUT2D eigenvalue weighted by Gasteiger charge is -2.13. The van der Waals surface area contributed by atoms with Crippen molar-refractivity contribution in [3.05, 3.63) is 36.2 Å². The van der Waals surface area contributed by atoms with Gasteiger partial charge in [-0.2, -0.15) is 0 Å². The average molecular weight is 352 g/mol. The van der Waals surface area contributed by atoms with E-state index in [1.165, 1.54) is 26.4 Å². The molecular formula is C15H20N4O4S. The van der Waals surface area contributed by atoms with Crippen LogP contribution in [0.1, 0.15) is 5.69 Å². The van der Waals surface area contributed by atoms with Crippen molar-refractivity contribution in [1.82, 2.24) is 14.7 Å². The molecule has 0 fully saturated rings. The molecule has 0 radical (unpaired) electrons. The van der Waals surface area contributed by atoms with Crippen LogP contribution in [0.25, 0.3) is 0 Å². The molecule has 0 aliphatic heterocycles. The lowest BCUT2D eigenvalue weighted by molar-refractivity contribution is 0.386. The summed E-state index contributed by atoms with van der Waals surface area (Å²) >= 11 is 0. The molecule has 9 heteroatoms. The van der Waals surface area contributed by atoms with Crippen molar-refractivity contribution in [3.63, 3.8) is 0 Å². The van der Waals surface area contributed by atoms with E-state index in [9.17, 15) is 8.42 Å². The molecule has 1 heterocycles. The van der Waals surface area contributed by atoms with E-state index < -0.39 is 10.0 Å². The van der Waals surface area contributed by atoms with Crippen LogP contribution in [-0.4, -0.2) is 46.7 Å². The number of hydrogen-bond acceptors (Lipinski definition) is 7. The van der Waals surface area contributed by atoms with Crippen molar-refractivity contribution in [1.29, 1.82) is 0 Å². The van der Waals surface area contributed by atoms with Gasteiger partial charge in [0.05, 0.1) is 26.5 Å². The standard InChI is InChI=1S/C15H20N4O4S/c1-19(2)15-16-8-7-11(18-15)10-17-24(20,21)14-6-5-12(22-3)9-13(14)23-4/h5-9,17H,10H2,1-4H3. The third-order valence-electron chi connectivity index (χ3n) is 3.20. The van der Waals surface area contributed by atoms with Crippen LogP contribution in [-0.2, 0) is 16.6 Å². The quantitative estimate of drug-likeness (QED) is 0.795. The molecule has 0 aliphatic rings. The van der Waals surface area contributed by atoms with Gasteiger partial charge in [0.1, 0.15) is 16.4 Å². The highest BCUT2D eigenvalue weighted by molar-refractivity contribution is 7.89. The minimum absolute atomic E-state index is 0.0349. The van der Waals surface area contributed by atoms with Gasteiger partial charge in [-0.15, -0.1) is 0 Å². The Hall–Kier alpha value is -2.39. The SMILES string of the molecule is COc1ccc(S(=O)(=O)NCc2ccnc(N(C)C)n2)c(OC)c1. The third-order valence-corrected chi connectivity index (χ3v) is 4.64. The van der Waals surface area contributed by atoms with Gasteiger partial charge in [0.15, 0.2) is 0 Å². The molecule has 8 nitrogen and oxygen atoms in total. The van der Waals surface area contributed by atoms with E-state index in [0.717, 1.165) is 0 Å². The molecule has 0 amide bonds. The van der Waals surface area contributed by atoms with Crippen molar-refractivity contribution in [3.8, 4) is 11.5 Å². The molecule has 0 aliphatic carbocycles. The number of aromatic nitrogens is 2. The minimum Gasteiger partial charge on any atom is -0.497 e. The van der Waals surface area contributed by atoms with Crippen LogP contribution in [0, 0.1) is 0 Å². The number of nitrogens with zero attached hydrogens (tertiary/aromatic N) is 3. The summed E-state index contributed by atoms with van der Waals surface area (Å²) in [6, 6.07) is 6.17. The zero-order valence-electron chi connectivity index (χ0n) is 14.0. The number of hydrogen-bond donors (Lipinski definition) is 1. The Morgan fingerprint density at radius 1 is 1.17 bits per heavy atom. The maximum Gasteiger partial charge on any atom is 0.244 e. The lowest BCUT2D eigenvalue weighted by atomic mass is 10.3. The van der Waals surface area contributed by atoms with Gasteiger partial charge >= 0.3 is 0 Å². The molecule has 2 aromatic rings. The molecular weight excluding hydrogens is 332 g/mol. The Bertz CT molecular complexity index is 809. The number of benzene rings is 1. The van der Waals surface area contributed by atoms with E-state index in [-0.39, 0.29) is 17.2 Å². The topological polar surface area (TPSA) is 93.7 Å². The van der Waals surface area contributed by atoms with Crippen molar-refractivity contribution in [2.45, 2.75) is 11.4 Å². The average Bonchev–Trinajstić information content (AvgIpc) is 2.59. The van der Waals surface area contributed by atoms with Gasteiger partial charge in [-0.1, -0.05) is 0 Å². The first kappa shape index (κ1) is 18.0. The van der Waals surface area contributed by atoms with Gasteiger partial charge < -0.3 is 14.4 Å². The molecule has 0 saturated heterocycles. The summed E-state index contributed by atoms with van der Waals surface area (Å²) in [5, 5.41) is 0. The number of methoxy groups -OCH3 is 2.